The Morgan fingerprint density at radius 2 is 1.90 bits per heavy atom. The minimum Gasteiger partial charge on any atom is -0.316 e. The van der Waals surface area contributed by atoms with Crippen LogP contribution in [0.3, 0.4) is 0 Å². The molecule has 0 saturated heterocycles. The number of amides is 1. The van der Waals surface area contributed by atoms with Crippen LogP contribution in [0.25, 0.3) is 0 Å². The van der Waals surface area contributed by atoms with E-state index in [2.05, 4.69) is 31.9 Å². The molecule has 2 N–H and O–H groups in total. The van der Waals surface area contributed by atoms with Crippen LogP contribution in [0.15, 0.2) is 51.4 Å². The highest BCUT2D eigenvalue weighted by Crippen LogP contribution is 2.40. The number of anilines is 1. The van der Waals surface area contributed by atoms with E-state index in [9.17, 15) is 4.79 Å². The SMILES string of the molecule is NC1C(=O)N(Cc2cccc(Br)c2)c2cccc(Br)c21. The zero-order chi connectivity index (χ0) is 14.3. The molecule has 1 amide bonds. The van der Waals surface area contributed by atoms with Crippen molar-refractivity contribution in [1.29, 1.82) is 0 Å². The predicted octanol–water partition coefficient (Wildman–Crippen LogP) is 3.76. The number of fused-ring (bicyclic) bond motifs is 1. The second-order valence-electron chi connectivity index (χ2n) is 4.70. The summed E-state index contributed by atoms with van der Waals surface area (Å²) >= 11 is 6.92. The smallest absolute Gasteiger partial charge is 0.248 e. The number of benzene rings is 2. The van der Waals surface area contributed by atoms with Gasteiger partial charge in [-0.05, 0) is 29.8 Å². The Hall–Kier alpha value is -1.17. The molecule has 20 heavy (non-hydrogen) atoms. The van der Waals surface area contributed by atoms with E-state index in [1.807, 2.05) is 42.5 Å². The van der Waals surface area contributed by atoms with Crippen LogP contribution >= 0.6 is 31.9 Å². The van der Waals surface area contributed by atoms with Crippen LogP contribution < -0.4 is 10.6 Å². The summed E-state index contributed by atoms with van der Waals surface area (Å²) in [7, 11) is 0. The van der Waals surface area contributed by atoms with Crippen LogP contribution in [0.2, 0.25) is 0 Å². The van der Waals surface area contributed by atoms with E-state index < -0.39 is 6.04 Å². The van der Waals surface area contributed by atoms with E-state index in [-0.39, 0.29) is 5.91 Å². The Labute approximate surface area is 134 Å². The molecular weight excluding hydrogens is 384 g/mol. The van der Waals surface area contributed by atoms with Gasteiger partial charge in [-0.25, -0.2) is 0 Å². The highest BCUT2D eigenvalue weighted by atomic mass is 79.9. The summed E-state index contributed by atoms with van der Waals surface area (Å²) in [6.45, 7) is 0.523. The van der Waals surface area contributed by atoms with Gasteiger partial charge in [-0.3, -0.25) is 4.79 Å². The molecule has 0 radical (unpaired) electrons. The molecule has 0 spiro atoms. The zero-order valence-corrected chi connectivity index (χ0v) is 13.7. The van der Waals surface area contributed by atoms with Crippen molar-refractivity contribution in [2.24, 2.45) is 5.73 Å². The first-order valence-corrected chi connectivity index (χ1v) is 7.76. The maximum absolute atomic E-state index is 12.4. The molecule has 1 heterocycles. The number of carbonyl (C=O) groups is 1. The maximum Gasteiger partial charge on any atom is 0.248 e. The molecule has 2 aromatic rings. The Balaban J connectivity index is 2.00. The van der Waals surface area contributed by atoms with Gasteiger partial charge in [0.05, 0.1) is 12.2 Å². The van der Waals surface area contributed by atoms with Gasteiger partial charge < -0.3 is 10.6 Å². The van der Waals surface area contributed by atoms with Crippen molar-refractivity contribution in [3.8, 4) is 0 Å². The van der Waals surface area contributed by atoms with Crippen molar-refractivity contribution in [3.05, 3.63) is 62.5 Å². The van der Waals surface area contributed by atoms with Gasteiger partial charge in [0.15, 0.2) is 0 Å². The summed E-state index contributed by atoms with van der Waals surface area (Å²) in [6.07, 6.45) is 0. The molecule has 0 fully saturated rings. The van der Waals surface area contributed by atoms with Crippen molar-refractivity contribution in [1.82, 2.24) is 0 Å². The Kier molecular flexibility index (Phi) is 3.67. The van der Waals surface area contributed by atoms with Crippen molar-refractivity contribution in [3.63, 3.8) is 0 Å². The lowest BCUT2D eigenvalue weighted by atomic mass is 10.1. The summed E-state index contributed by atoms with van der Waals surface area (Å²) in [5.74, 6) is -0.0631. The largest absolute Gasteiger partial charge is 0.316 e. The van der Waals surface area contributed by atoms with Crippen molar-refractivity contribution >= 4 is 43.5 Å². The van der Waals surface area contributed by atoms with Crippen LogP contribution in [0.5, 0.6) is 0 Å². The first kappa shape index (κ1) is 13.8. The van der Waals surface area contributed by atoms with E-state index in [0.29, 0.717) is 6.54 Å². The molecular formula is C15H12Br2N2O. The van der Waals surface area contributed by atoms with Crippen molar-refractivity contribution in [2.45, 2.75) is 12.6 Å². The molecule has 1 aliphatic rings. The molecule has 3 nitrogen and oxygen atoms in total. The average molecular weight is 396 g/mol. The number of nitrogens with two attached hydrogens (primary N) is 1. The molecule has 3 rings (SSSR count). The summed E-state index contributed by atoms with van der Waals surface area (Å²) in [5.41, 5.74) is 8.85. The number of halogens is 2. The Morgan fingerprint density at radius 3 is 2.65 bits per heavy atom. The minimum atomic E-state index is -0.590. The van der Waals surface area contributed by atoms with Crippen LogP contribution in [0, 0.1) is 0 Å². The zero-order valence-electron chi connectivity index (χ0n) is 10.5. The van der Waals surface area contributed by atoms with Crippen molar-refractivity contribution < 1.29 is 4.79 Å². The van der Waals surface area contributed by atoms with Crippen LogP contribution in [0.4, 0.5) is 5.69 Å². The standard InChI is InChI=1S/C15H12Br2N2O/c16-10-4-1-3-9(7-10)8-19-12-6-2-5-11(17)13(12)14(18)15(19)20/h1-7,14H,8,18H2. The molecule has 1 atom stereocenters. The van der Waals surface area contributed by atoms with Gasteiger partial charge in [0, 0.05) is 14.5 Å². The van der Waals surface area contributed by atoms with E-state index in [1.165, 1.54) is 0 Å². The number of nitrogens with zero attached hydrogens (tertiary/aromatic N) is 1. The summed E-state index contributed by atoms with van der Waals surface area (Å²) in [4.78, 5) is 14.1. The second-order valence-corrected chi connectivity index (χ2v) is 6.47. The molecule has 1 unspecified atom stereocenters. The predicted molar refractivity (Wildman–Crippen MR) is 86.4 cm³/mol. The summed E-state index contributed by atoms with van der Waals surface area (Å²) in [5, 5.41) is 0. The Bertz CT molecular complexity index is 687. The molecule has 5 heteroatoms. The third-order valence-electron chi connectivity index (χ3n) is 3.39. The van der Waals surface area contributed by atoms with Gasteiger partial charge in [-0.1, -0.05) is 50.1 Å². The first-order valence-electron chi connectivity index (χ1n) is 6.18. The molecule has 0 bridgehead atoms. The lowest BCUT2D eigenvalue weighted by molar-refractivity contribution is -0.119. The minimum absolute atomic E-state index is 0.0631. The topological polar surface area (TPSA) is 46.3 Å². The lowest BCUT2D eigenvalue weighted by Gasteiger charge is -2.18. The molecule has 0 saturated carbocycles. The van der Waals surface area contributed by atoms with Gasteiger partial charge in [-0.2, -0.15) is 0 Å². The normalized spacial score (nSPS) is 17.4. The third kappa shape index (κ3) is 2.30. The fourth-order valence-electron chi connectivity index (χ4n) is 2.46. The summed E-state index contributed by atoms with van der Waals surface area (Å²) < 4.78 is 1.88. The molecule has 0 aliphatic carbocycles. The van der Waals surface area contributed by atoms with Crippen LogP contribution in [-0.2, 0) is 11.3 Å². The molecule has 0 aromatic heterocycles. The second kappa shape index (κ2) is 5.31. The molecule has 2 aromatic carbocycles. The monoisotopic (exact) mass is 394 g/mol. The first-order chi connectivity index (χ1) is 9.58. The van der Waals surface area contributed by atoms with Crippen LogP contribution in [0.1, 0.15) is 17.2 Å². The highest BCUT2D eigenvalue weighted by Gasteiger charge is 2.36. The van der Waals surface area contributed by atoms with Crippen LogP contribution in [-0.4, -0.2) is 5.91 Å². The third-order valence-corrected chi connectivity index (χ3v) is 4.58. The quantitative estimate of drug-likeness (QED) is 0.841. The number of hydrogen-bond donors (Lipinski definition) is 1. The maximum atomic E-state index is 12.4. The summed E-state index contributed by atoms with van der Waals surface area (Å²) in [6, 6.07) is 13.1. The number of rotatable bonds is 2. The number of hydrogen-bond acceptors (Lipinski definition) is 2. The lowest BCUT2D eigenvalue weighted by Crippen LogP contribution is -2.31. The van der Waals surface area contributed by atoms with Gasteiger partial charge >= 0.3 is 0 Å². The average Bonchev–Trinajstić information content (AvgIpc) is 2.65. The van der Waals surface area contributed by atoms with Gasteiger partial charge in [-0.15, -0.1) is 0 Å². The highest BCUT2D eigenvalue weighted by molar-refractivity contribution is 9.10. The van der Waals surface area contributed by atoms with Gasteiger partial charge in [0.2, 0.25) is 5.91 Å². The van der Waals surface area contributed by atoms with E-state index >= 15 is 0 Å². The van der Waals surface area contributed by atoms with E-state index in [0.717, 1.165) is 25.8 Å². The fraction of sp³-hybridized carbons (Fsp3) is 0.133. The van der Waals surface area contributed by atoms with Gasteiger partial charge in [0.1, 0.15) is 6.04 Å². The fourth-order valence-corrected chi connectivity index (χ4v) is 3.51. The molecule has 102 valence electrons. The van der Waals surface area contributed by atoms with Gasteiger partial charge in [0.25, 0.3) is 0 Å². The Morgan fingerprint density at radius 1 is 1.15 bits per heavy atom. The van der Waals surface area contributed by atoms with Crippen molar-refractivity contribution in [2.75, 3.05) is 4.90 Å². The van der Waals surface area contributed by atoms with E-state index in [4.69, 9.17) is 5.73 Å². The van der Waals surface area contributed by atoms with E-state index in [1.54, 1.807) is 4.90 Å². The molecule has 1 aliphatic heterocycles. The number of carbonyl (C=O) groups excluding carboxylic acids is 1.